The molecule has 0 aliphatic rings. The molecule has 0 aliphatic heterocycles. The number of furan rings is 1. The van der Waals surface area contributed by atoms with Crippen LogP contribution < -0.4 is 5.32 Å². The van der Waals surface area contributed by atoms with Crippen molar-refractivity contribution in [1.29, 1.82) is 5.26 Å². The van der Waals surface area contributed by atoms with E-state index in [9.17, 15) is 14.0 Å². The maximum atomic E-state index is 13.6. The molecule has 0 unspecified atom stereocenters. The van der Waals surface area contributed by atoms with Gasteiger partial charge >= 0.3 is 5.97 Å². The minimum atomic E-state index is -1.24. The molecule has 100 valence electrons. The summed E-state index contributed by atoms with van der Waals surface area (Å²) in [5, 5.41) is 19.5. The Morgan fingerprint density at radius 3 is 2.65 bits per heavy atom. The van der Waals surface area contributed by atoms with E-state index < -0.39 is 17.7 Å². The van der Waals surface area contributed by atoms with Crippen LogP contribution in [0.4, 0.5) is 10.1 Å². The third-order valence-electron chi connectivity index (χ3n) is 2.42. The van der Waals surface area contributed by atoms with Crippen LogP contribution in [0.1, 0.15) is 26.5 Å². The summed E-state index contributed by atoms with van der Waals surface area (Å²) in [4.78, 5) is 22.4. The zero-order valence-corrected chi connectivity index (χ0v) is 9.88. The lowest BCUT2D eigenvalue weighted by molar-refractivity contribution is 0.0696. The number of nitrogens with zero attached hydrogens (tertiary/aromatic N) is 1. The van der Waals surface area contributed by atoms with Crippen molar-refractivity contribution in [2.75, 3.05) is 5.32 Å². The van der Waals surface area contributed by atoms with Gasteiger partial charge in [0.25, 0.3) is 5.91 Å². The van der Waals surface area contributed by atoms with Crippen LogP contribution >= 0.6 is 0 Å². The summed E-state index contributed by atoms with van der Waals surface area (Å²) in [5.74, 6) is -3.06. The van der Waals surface area contributed by atoms with Gasteiger partial charge in [-0.05, 0) is 18.2 Å². The number of hydrogen-bond donors (Lipinski definition) is 2. The summed E-state index contributed by atoms with van der Waals surface area (Å²) in [6.07, 6.45) is 0.909. The van der Waals surface area contributed by atoms with Crippen molar-refractivity contribution < 1.29 is 23.5 Å². The fourth-order valence-electron chi connectivity index (χ4n) is 1.44. The SMILES string of the molecule is N#Cc1ccc(NC(=O)c2cc(C(=O)O)co2)c(F)c1. The Labute approximate surface area is 112 Å². The van der Waals surface area contributed by atoms with E-state index in [0.29, 0.717) is 0 Å². The Morgan fingerprint density at radius 2 is 2.10 bits per heavy atom. The first-order valence-corrected chi connectivity index (χ1v) is 5.34. The van der Waals surface area contributed by atoms with Gasteiger partial charge in [-0.1, -0.05) is 0 Å². The van der Waals surface area contributed by atoms with Gasteiger partial charge in [0.2, 0.25) is 0 Å². The molecule has 1 aromatic heterocycles. The highest BCUT2D eigenvalue weighted by atomic mass is 19.1. The molecule has 1 amide bonds. The lowest BCUT2D eigenvalue weighted by atomic mass is 10.2. The highest BCUT2D eigenvalue weighted by Crippen LogP contribution is 2.17. The molecule has 0 saturated heterocycles. The molecule has 1 aromatic carbocycles. The number of hydrogen-bond acceptors (Lipinski definition) is 4. The number of nitriles is 1. The average molecular weight is 274 g/mol. The van der Waals surface area contributed by atoms with E-state index >= 15 is 0 Å². The zero-order chi connectivity index (χ0) is 14.7. The molecule has 0 bridgehead atoms. The van der Waals surface area contributed by atoms with Gasteiger partial charge in [-0.25, -0.2) is 9.18 Å². The maximum absolute atomic E-state index is 13.6. The first kappa shape index (κ1) is 13.3. The Balaban J connectivity index is 2.19. The van der Waals surface area contributed by atoms with Crippen molar-refractivity contribution in [3.63, 3.8) is 0 Å². The predicted molar refractivity (Wildman–Crippen MR) is 64.7 cm³/mol. The monoisotopic (exact) mass is 274 g/mol. The first-order valence-electron chi connectivity index (χ1n) is 5.34. The van der Waals surface area contributed by atoms with Gasteiger partial charge in [0, 0.05) is 6.07 Å². The van der Waals surface area contributed by atoms with Gasteiger partial charge in [0.05, 0.1) is 22.9 Å². The molecule has 20 heavy (non-hydrogen) atoms. The molecular weight excluding hydrogens is 267 g/mol. The van der Waals surface area contributed by atoms with Crippen molar-refractivity contribution in [2.24, 2.45) is 0 Å². The summed E-state index contributed by atoms with van der Waals surface area (Å²) < 4.78 is 18.3. The van der Waals surface area contributed by atoms with Gasteiger partial charge in [0.1, 0.15) is 12.1 Å². The van der Waals surface area contributed by atoms with E-state index in [0.717, 1.165) is 18.4 Å². The zero-order valence-electron chi connectivity index (χ0n) is 9.88. The predicted octanol–water partition coefficient (Wildman–Crippen LogP) is 2.24. The smallest absolute Gasteiger partial charge is 0.338 e. The molecule has 2 rings (SSSR count). The first-order chi connectivity index (χ1) is 9.51. The standard InChI is InChI=1S/C13H7FN2O4/c14-9-3-7(5-15)1-2-10(9)16-12(17)11-4-8(6-20-11)13(18)19/h1-4,6H,(H,16,17)(H,18,19). The molecule has 7 heteroatoms. The van der Waals surface area contributed by atoms with Gasteiger partial charge in [-0.2, -0.15) is 5.26 Å². The van der Waals surface area contributed by atoms with Gasteiger partial charge in [-0.15, -0.1) is 0 Å². The van der Waals surface area contributed by atoms with Crippen LogP contribution in [0.3, 0.4) is 0 Å². The molecule has 0 radical (unpaired) electrons. The van der Waals surface area contributed by atoms with E-state index in [-0.39, 0.29) is 22.6 Å². The normalized spacial score (nSPS) is 9.80. The molecule has 6 nitrogen and oxygen atoms in total. The van der Waals surface area contributed by atoms with Crippen molar-refractivity contribution in [2.45, 2.75) is 0 Å². The Hall–Kier alpha value is -3.14. The van der Waals surface area contributed by atoms with Crippen LogP contribution in [0.25, 0.3) is 0 Å². The number of carbonyl (C=O) groups is 2. The van der Waals surface area contributed by atoms with E-state index in [1.807, 2.05) is 0 Å². The number of amides is 1. The number of halogens is 1. The summed E-state index contributed by atoms with van der Waals surface area (Å²) in [6, 6.07) is 6.32. The summed E-state index contributed by atoms with van der Waals surface area (Å²) in [7, 11) is 0. The minimum absolute atomic E-state index is 0.117. The second-order valence-electron chi connectivity index (χ2n) is 3.77. The Morgan fingerprint density at radius 1 is 1.35 bits per heavy atom. The molecule has 0 saturated carbocycles. The van der Waals surface area contributed by atoms with Crippen molar-refractivity contribution in [3.05, 3.63) is 53.2 Å². The topological polar surface area (TPSA) is 103 Å². The van der Waals surface area contributed by atoms with Crippen molar-refractivity contribution in [1.82, 2.24) is 0 Å². The number of carbonyl (C=O) groups excluding carboxylic acids is 1. The Kier molecular flexibility index (Phi) is 3.48. The number of nitrogens with one attached hydrogen (secondary N) is 1. The van der Waals surface area contributed by atoms with Crippen LogP contribution in [0.2, 0.25) is 0 Å². The van der Waals surface area contributed by atoms with Crippen LogP contribution in [0.5, 0.6) is 0 Å². The van der Waals surface area contributed by atoms with E-state index in [1.54, 1.807) is 6.07 Å². The molecule has 2 N–H and O–H groups in total. The van der Waals surface area contributed by atoms with Crippen LogP contribution in [-0.2, 0) is 0 Å². The largest absolute Gasteiger partial charge is 0.478 e. The third kappa shape index (κ3) is 2.64. The lowest BCUT2D eigenvalue weighted by Gasteiger charge is -2.04. The highest BCUT2D eigenvalue weighted by Gasteiger charge is 2.16. The summed E-state index contributed by atoms with van der Waals surface area (Å²) in [5.41, 5.74) is -0.204. The molecule has 0 spiro atoms. The van der Waals surface area contributed by atoms with E-state index in [4.69, 9.17) is 14.8 Å². The Bertz CT molecular complexity index is 730. The number of carboxylic acid groups (broad SMARTS) is 1. The van der Waals surface area contributed by atoms with Crippen molar-refractivity contribution in [3.8, 4) is 6.07 Å². The summed E-state index contributed by atoms with van der Waals surface area (Å²) >= 11 is 0. The van der Waals surface area contributed by atoms with Crippen LogP contribution in [0.15, 0.2) is 34.9 Å². The fourth-order valence-corrected chi connectivity index (χ4v) is 1.44. The van der Waals surface area contributed by atoms with E-state index in [1.165, 1.54) is 12.1 Å². The molecule has 2 aromatic rings. The van der Waals surface area contributed by atoms with Crippen LogP contribution in [-0.4, -0.2) is 17.0 Å². The second-order valence-corrected chi connectivity index (χ2v) is 3.77. The van der Waals surface area contributed by atoms with Gasteiger partial charge in [0.15, 0.2) is 5.76 Å². The molecule has 0 aliphatic carbocycles. The lowest BCUT2D eigenvalue weighted by Crippen LogP contribution is -2.12. The highest BCUT2D eigenvalue weighted by molar-refractivity contribution is 6.03. The molecular formula is C13H7FN2O4. The number of benzene rings is 1. The minimum Gasteiger partial charge on any atom is -0.478 e. The number of anilines is 1. The molecule has 0 fully saturated rings. The number of carboxylic acids is 1. The van der Waals surface area contributed by atoms with E-state index in [2.05, 4.69) is 5.32 Å². The third-order valence-corrected chi connectivity index (χ3v) is 2.42. The maximum Gasteiger partial charge on any atom is 0.338 e. The average Bonchev–Trinajstić information content (AvgIpc) is 2.91. The fraction of sp³-hybridized carbons (Fsp3) is 0. The molecule has 1 heterocycles. The number of rotatable bonds is 3. The quantitative estimate of drug-likeness (QED) is 0.893. The van der Waals surface area contributed by atoms with Crippen LogP contribution in [0, 0.1) is 17.1 Å². The molecule has 0 atom stereocenters. The van der Waals surface area contributed by atoms with Gasteiger partial charge in [-0.3, -0.25) is 4.79 Å². The van der Waals surface area contributed by atoms with Crippen molar-refractivity contribution >= 4 is 17.6 Å². The number of aromatic carboxylic acids is 1. The van der Waals surface area contributed by atoms with Gasteiger partial charge < -0.3 is 14.8 Å². The summed E-state index contributed by atoms with van der Waals surface area (Å²) in [6.45, 7) is 0. The second kappa shape index (κ2) is 5.24.